The maximum absolute atomic E-state index is 12.6. The first-order valence-corrected chi connectivity index (χ1v) is 11.2. The van der Waals surface area contributed by atoms with Crippen molar-refractivity contribution in [1.82, 2.24) is 20.1 Å². The maximum Gasteiger partial charge on any atom is 0.230 e. The first-order chi connectivity index (χ1) is 14.2. The summed E-state index contributed by atoms with van der Waals surface area (Å²) in [5, 5.41) is 12.8. The molecule has 5 nitrogen and oxygen atoms in total. The van der Waals surface area contributed by atoms with Crippen molar-refractivity contribution in [3.63, 3.8) is 0 Å². The number of amides is 1. The molecule has 4 rings (SSSR count). The van der Waals surface area contributed by atoms with Crippen molar-refractivity contribution in [2.45, 2.75) is 43.8 Å². The molecule has 0 bridgehead atoms. The van der Waals surface area contributed by atoms with E-state index < -0.39 is 0 Å². The average molecular weight is 407 g/mol. The average Bonchev–Trinajstić information content (AvgIpc) is 3.19. The van der Waals surface area contributed by atoms with Crippen LogP contribution in [0.25, 0.3) is 17.1 Å². The van der Waals surface area contributed by atoms with Crippen molar-refractivity contribution in [3.05, 3.63) is 60.7 Å². The summed E-state index contributed by atoms with van der Waals surface area (Å²) in [6.07, 6.45) is 4.74. The van der Waals surface area contributed by atoms with Gasteiger partial charge in [0, 0.05) is 17.3 Å². The Morgan fingerprint density at radius 3 is 2.45 bits per heavy atom. The number of para-hydroxylation sites is 1. The number of carbonyl (C=O) groups is 1. The lowest BCUT2D eigenvalue weighted by Crippen LogP contribution is -2.41. The Morgan fingerprint density at radius 2 is 1.72 bits per heavy atom. The Kier molecular flexibility index (Phi) is 6.30. The van der Waals surface area contributed by atoms with Crippen LogP contribution in [0.4, 0.5) is 0 Å². The number of benzene rings is 2. The number of carbonyl (C=O) groups excluding carboxylic acids is 1. The second kappa shape index (κ2) is 9.27. The van der Waals surface area contributed by atoms with Gasteiger partial charge in [-0.1, -0.05) is 80.1 Å². The highest BCUT2D eigenvalue weighted by Crippen LogP contribution is 2.28. The standard InChI is InChI=1S/C23H26N4OS/c1-17-10-8-9-15-20(17)24-21(28)16-29-23-26-25-22(18-11-4-2-5-12-18)27(23)19-13-6-3-7-14-19/h2-7,11-14,17,20H,8-10,15-16H2,1H3,(H,24,28). The predicted octanol–water partition coefficient (Wildman–Crippen LogP) is 4.72. The Balaban J connectivity index is 1.53. The second-order valence-corrected chi connectivity index (χ2v) is 8.51. The first kappa shape index (κ1) is 19.7. The molecule has 29 heavy (non-hydrogen) atoms. The Morgan fingerprint density at radius 1 is 1.03 bits per heavy atom. The quantitative estimate of drug-likeness (QED) is 0.602. The third-order valence-electron chi connectivity index (χ3n) is 5.47. The van der Waals surface area contributed by atoms with Gasteiger partial charge in [-0.05, 0) is 30.9 Å². The van der Waals surface area contributed by atoms with Crippen molar-refractivity contribution >= 4 is 17.7 Å². The second-order valence-electron chi connectivity index (χ2n) is 7.57. The van der Waals surface area contributed by atoms with Gasteiger partial charge in [0.2, 0.25) is 5.91 Å². The van der Waals surface area contributed by atoms with Gasteiger partial charge in [-0.15, -0.1) is 10.2 Å². The number of rotatable bonds is 6. The molecule has 2 aromatic carbocycles. The molecule has 0 spiro atoms. The molecule has 1 aliphatic rings. The molecular formula is C23H26N4OS. The summed E-state index contributed by atoms with van der Waals surface area (Å²) < 4.78 is 2.02. The normalized spacial score (nSPS) is 19.1. The van der Waals surface area contributed by atoms with E-state index >= 15 is 0 Å². The van der Waals surface area contributed by atoms with Crippen LogP contribution < -0.4 is 5.32 Å². The van der Waals surface area contributed by atoms with Crippen LogP contribution >= 0.6 is 11.8 Å². The highest BCUT2D eigenvalue weighted by Gasteiger charge is 2.23. The van der Waals surface area contributed by atoms with Gasteiger partial charge in [-0.2, -0.15) is 0 Å². The van der Waals surface area contributed by atoms with Crippen LogP contribution in [0.5, 0.6) is 0 Å². The van der Waals surface area contributed by atoms with Gasteiger partial charge in [0.1, 0.15) is 0 Å². The molecule has 1 aromatic heterocycles. The van der Waals surface area contributed by atoms with Crippen molar-refractivity contribution in [2.75, 3.05) is 5.75 Å². The van der Waals surface area contributed by atoms with Gasteiger partial charge in [0.05, 0.1) is 5.75 Å². The molecule has 6 heteroatoms. The minimum absolute atomic E-state index is 0.0672. The number of hydrogen-bond acceptors (Lipinski definition) is 4. The van der Waals surface area contributed by atoms with Crippen molar-refractivity contribution in [3.8, 4) is 17.1 Å². The van der Waals surface area contributed by atoms with Crippen LogP contribution in [0.1, 0.15) is 32.6 Å². The fourth-order valence-electron chi connectivity index (χ4n) is 3.86. The van der Waals surface area contributed by atoms with Crippen LogP contribution in [0.3, 0.4) is 0 Å². The Labute approximate surface area is 175 Å². The number of hydrogen-bond donors (Lipinski definition) is 1. The molecule has 1 aliphatic carbocycles. The summed E-state index contributed by atoms with van der Waals surface area (Å²) in [7, 11) is 0. The molecule has 1 amide bonds. The molecule has 2 atom stereocenters. The number of thioether (sulfide) groups is 1. The minimum atomic E-state index is 0.0672. The van der Waals surface area contributed by atoms with E-state index in [1.54, 1.807) is 0 Å². The van der Waals surface area contributed by atoms with Crippen LogP contribution in [-0.4, -0.2) is 32.5 Å². The number of aromatic nitrogens is 3. The van der Waals surface area contributed by atoms with Crippen LogP contribution in [0.2, 0.25) is 0 Å². The highest BCUT2D eigenvalue weighted by atomic mass is 32.2. The van der Waals surface area contributed by atoms with E-state index in [1.165, 1.54) is 31.0 Å². The Hall–Kier alpha value is -2.60. The third kappa shape index (κ3) is 4.70. The van der Waals surface area contributed by atoms with Gasteiger partial charge < -0.3 is 5.32 Å². The lowest BCUT2D eigenvalue weighted by Gasteiger charge is -2.29. The third-order valence-corrected chi connectivity index (χ3v) is 6.40. The fourth-order valence-corrected chi connectivity index (χ4v) is 4.62. The summed E-state index contributed by atoms with van der Waals surface area (Å²) in [4.78, 5) is 12.6. The topological polar surface area (TPSA) is 59.8 Å². The fraction of sp³-hybridized carbons (Fsp3) is 0.348. The molecule has 0 saturated heterocycles. The van der Waals surface area contributed by atoms with E-state index in [9.17, 15) is 4.79 Å². The van der Waals surface area contributed by atoms with E-state index in [2.05, 4.69) is 22.4 Å². The Bertz CT molecular complexity index is 942. The zero-order valence-corrected chi connectivity index (χ0v) is 17.4. The maximum atomic E-state index is 12.6. The van der Waals surface area contributed by atoms with Gasteiger partial charge in [-0.25, -0.2) is 0 Å². The van der Waals surface area contributed by atoms with Crippen LogP contribution in [0, 0.1) is 5.92 Å². The van der Waals surface area contributed by atoms with Gasteiger partial charge in [0.15, 0.2) is 11.0 Å². The predicted molar refractivity (Wildman–Crippen MR) is 117 cm³/mol. The van der Waals surface area contributed by atoms with E-state index in [1.807, 2.05) is 65.2 Å². The summed E-state index contributed by atoms with van der Waals surface area (Å²) in [6, 6.07) is 20.4. The largest absolute Gasteiger partial charge is 0.352 e. The van der Waals surface area contributed by atoms with Gasteiger partial charge in [-0.3, -0.25) is 9.36 Å². The van der Waals surface area contributed by atoms with Gasteiger partial charge in [0.25, 0.3) is 0 Å². The number of nitrogens with zero attached hydrogens (tertiary/aromatic N) is 3. The highest BCUT2D eigenvalue weighted by molar-refractivity contribution is 7.99. The molecule has 0 radical (unpaired) electrons. The molecule has 1 heterocycles. The molecule has 1 N–H and O–H groups in total. The first-order valence-electron chi connectivity index (χ1n) is 10.2. The number of nitrogens with one attached hydrogen (secondary N) is 1. The SMILES string of the molecule is CC1CCCCC1NC(=O)CSc1nnc(-c2ccccc2)n1-c1ccccc1. The molecule has 3 aromatic rings. The monoisotopic (exact) mass is 406 g/mol. The van der Waals surface area contributed by atoms with E-state index in [4.69, 9.17) is 0 Å². The lowest BCUT2D eigenvalue weighted by atomic mass is 9.86. The minimum Gasteiger partial charge on any atom is -0.352 e. The smallest absolute Gasteiger partial charge is 0.230 e. The molecule has 150 valence electrons. The van der Waals surface area contributed by atoms with Crippen molar-refractivity contribution < 1.29 is 4.79 Å². The van der Waals surface area contributed by atoms with E-state index in [0.29, 0.717) is 17.7 Å². The van der Waals surface area contributed by atoms with Gasteiger partial charge >= 0.3 is 0 Å². The summed E-state index contributed by atoms with van der Waals surface area (Å²) >= 11 is 1.43. The summed E-state index contributed by atoms with van der Waals surface area (Å²) in [5.74, 6) is 1.73. The molecule has 2 unspecified atom stereocenters. The van der Waals surface area contributed by atoms with Crippen molar-refractivity contribution in [1.29, 1.82) is 0 Å². The molecule has 0 aliphatic heterocycles. The summed E-state index contributed by atoms with van der Waals surface area (Å²) in [6.45, 7) is 2.23. The van der Waals surface area contributed by atoms with E-state index in [0.717, 1.165) is 28.7 Å². The van der Waals surface area contributed by atoms with E-state index in [-0.39, 0.29) is 5.91 Å². The molecule has 1 fully saturated rings. The molecule has 1 saturated carbocycles. The zero-order valence-electron chi connectivity index (χ0n) is 16.6. The zero-order chi connectivity index (χ0) is 20.1. The lowest BCUT2D eigenvalue weighted by molar-refractivity contribution is -0.119. The van der Waals surface area contributed by atoms with Crippen LogP contribution in [0.15, 0.2) is 65.8 Å². The summed E-state index contributed by atoms with van der Waals surface area (Å²) in [5.41, 5.74) is 1.98. The molecular weight excluding hydrogens is 380 g/mol. The van der Waals surface area contributed by atoms with Crippen molar-refractivity contribution in [2.24, 2.45) is 5.92 Å². The van der Waals surface area contributed by atoms with Crippen LogP contribution in [-0.2, 0) is 4.79 Å².